The molecule has 0 heterocycles. The number of rotatable bonds is 14. The lowest BCUT2D eigenvalue weighted by Crippen LogP contribution is -2.14. The van der Waals surface area contributed by atoms with Gasteiger partial charge >= 0.3 is 0 Å². The first-order chi connectivity index (χ1) is 11.8. The monoisotopic (exact) mass is 334 g/mol. The third-order valence-corrected chi connectivity index (χ3v) is 3.74. The Morgan fingerprint density at radius 3 is 1.54 bits per heavy atom. The van der Waals surface area contributed by atoms with Gasteiger partial charge in [0.25, 0.3) is 0 Å². The summed E-state index contributed by atoms with van der Waals surface area (Å²) >= 11 is 0. The van der Waals surface area contributed by atoms with Crippen molar-refractivity contribution in [3.8, 4) is 23.7 Å². The first-order valence-electron chi connectivity index (χ1n) is 10.0. The Labute approximate surface area is 151 Å². The highest BCUT2D eigenvalue weighted by Gasteiger charge is 2.00. The van der Waals surface area contributed by atoms with E-state index in [9.17, 15) is 0 Å². The lowest BCUT2D eigenvalue weighted by Gasteiger charge is -2.09. The first-order valence-corrected chi connectivity index (χ1v) is 10.0. The van der Waals surface area contributed by atoms with Crippen molar-refractivity contribution in [1.82, 2.24) is 0 Å². The molecule has 0 N–H and O–H groups in total. The largest absolute Gasteiger partial charge is 0.342 e. The van der Waals surface area contributed by atoms with Crippen LogP contribution in [0.1, 0.15) is 97.8 Å². The molecule has 0 aromatic rings. The molecule has 0 atom stereocenters. The lowest BCUT2D eigenvalue weighted by atomic mass is 10.1. The number of unbranched alkanes of at least 4 members (excludes halogenated alkanes) is 10. The van der Waals surface area contributed by atoms with Crippen LogP contribution in [-0.4, -0.2) is 19.5 Å². The number of hydrogen-bond donors (Lipinski definition) is 0. The van der Waals surface area contributed by atoms with Crippen molar-refractivity contribution in [3.63, 3.8) is 0 Å². The van der Waals surface area contributed by atoms with Crippen molar-refractivity contribution in [1.29, 1.82) is 0 Å². The summed E-state index contributed by atoms with van der Waals surface area (Å²) in [4.78, 5) is 0. The van der Waals surface area contributed by atoms with E-state index in [0.29, 0.717) is 13.2 Å². The average Bonchev–Trinajstić information content (AvgIpc) is 2.58. The molecule has 0 aromatic heterocycles. The summed E-state index contributed by atoms with van der Waals surface area (Å²) in [6.45, 7) is 7.43. The third-order valence-electron chi connectivity index (χ3n) is 3.74. The fourth-order valence-corrected chi connectivity index (χ4v) is 2.34. The molecule has 0 radical (unpaired) electrons. The molecule has 138 valence electrons. The zero-order chi connectivity index (χ0) is 17.7. The molecule has 0 saturated carbocycles. The predicted molar refractivity (Wildman–Crippen MR) is 104 cm³/mol. The molecule has 0 bridgehead atoms. The van der Waals surface area contributed by atoms with Crippen LogP contribution in [0.2, 0.25) is 0 Å². The standard InChI is InChI=1S/C22H38O2/c1-4-7-8-9-10-11-12-13-14-15-16-17-18-19-20-21-22(23-5-2)24-6-3/h22H,4-8,11-19H2,1-3H3. The van der Waals surface area contributed by atoms with Gasteiger partial charge in [0.15, 0.2) is 0 Å². The summed E-state index contributed by atoms with van der Waals surface area (Å²) in [6, 6.07) is 0. The van der Waals surface area contributed by atoms with Crippen molar-refractivity contribution < 1.29 is 9.47 Å². The van der Waals surface area contributed by atoms with Crippen molar-refractivity contribution in [3.05, 3.63) is 0 Å². The highest BCUT2D eigenvalue weighted by Crippen LogP contribution is 2.09. The molecular weight excluding hydrogens is 296 g/mol. The van der Waals surface area contributed by atoms with Crippen LogP contribution in [-0.2, 0) is 9.47 Å². The molecule has 0 aliphatic rings. The Bertz CT molecular complexity index is 361. The fraction of sp³-hybridized carbons (Fsp3) is 0.818. The van der Waals surface area contributed by atoms with E-state index >= 15 is 0 Å². The maximum absolute atomic E-state index is 5.40. The molecule has 0 saturated heterocycles. The minimum Gasteiger partial charge on any atom is -0.342 e. The van der Waals surface area contributed by atoms with Gasteiger partial charge < -0.3 is 9.47 Å². The molecule has 0 aliphatic carbocycles. The second-order valence-electron chi connectivity index (χ2n) is 6.00. The second kappa shape index (κ2) is 20.1. The van der Waals surface area contributed by atoms with Gasteiger partial charge in [-0.2, -0.15) is 0 Å². The second-order valence-corrected chi connectivity index (χ2v) is 6.00. The third kappa shape index (κ3) is 17.4. The van der Waals surface area contributed by atoms with Crippen LogP contribution in [0, 0.1) is 23.7 Å². The molecule has 0 aliphatic heterocycles. The molecule has 2 heteroatoms. The summed E-state index contributed by atoms with van der Waals surface area (Å²) in [5, 5.41) is 0. The molecule has 0 spiro atoms. The predicted octanol–water partition coefficient (Wildman–Crippen LogP) is 6.09. The Balaban J connectivity index is 3.37. The molecule has 0 aromatic carbocycles. The molecule has 2 nitrogen and oxygen atoms in total. The zero-order valence-electron chi connectivity index (χ0n) is 16.3. The van der Waals surface area contributed by atoms with E-state index in [0.717, 1.165) is 19.3 Å². The molecule has 0 fully saturated rings. The highest BCUT2D eigenvalue weighted by atomic mass is 16.7. The molecule has 0 unspecified atom stereocenters. The van der Waals surface area contributed by atoms with Crippen LogP contribution in [0.4, 0.5) is 0 Å². The van der Waals surface area contributed by atoms with E-state index in [1.807, 2.05) is 13.8 Å². The Kier molecular flexibility index (Phi) is 19.3. The van der Waals surface area contributed by atoms with Gasteiger partial charge in [-0.3, -0.25) is 0 Å². The van der Waals surface area contributed by atoms with Gasteiger partial charge in [-0.05, 0) is 39.0 Å². The Hall–Kier alpha value is -0.960. The average molecular weight is 335 g/mol. The fourth-order valence-electron chi connectivity index (χ4n) is 2.34. The molecule has 0 rings (SSSR count). The Morgan fingerprint density at radius 2 is 1.04 bits per heavy atom. The van der Waals surface area contributed by atoms with E-state index in [4.69, 9.17) is 9.47 Å². The number of hydrogen-bond acceptors (Lipinski definition) is 2. The van der Waals surface area contributed by atoms with Crippen molar-refractivity contribution in [2.75, 3.05) is 13.2 Å². The lowest BCUT2D eigenvalue weighted by molar-refractivity contribution is -0.0970. The summed E-state index contributed by atoms with van der Waals surface area (Å²) < 4.78 is 10.8. The van der Waals surface area contributed by atoms with Gasteiger partial charge in [-0.1, -0.05) is 51.4 Å². The van der Waals surface area contributed by atoms with E-state index in [2.05, 4.69) is 30.6 Å². The van der Waals surface area contributed by atoms with Gasteiger partial charge in [-0.15, -0.1) is 11.8 Å². The number of ether oxygens (including phenoxy) is 2. The molecular formula is C22H38O2. The highest BCUT2D eigenvalue weighted by molar-refractivity contribution is 5.02. The SMILES string of the molecule is CCCCC#CCCCCCCCCCC#CC(OCC)OCC. The van der Waals surface area contributed by atoms with Crippen LogP contribution in [0.25, 0.3) is 0 Å². The van der Waals surface area contributed by atoms with Gasteiger partial charge in [0.2, 0.25) is 6.29 Å². The smallest absolute Gasteiger partial charge is 0.222 e. The van der Waals surface area contributed by atoms with Gasteiger partial charge in [0, 0.05) is 32.5 Å². The van der Waals surface area contributed by atoms with Crippen molar-refractivity contribution >= 4 is 0 Å². The minimum atomic E-state index is -0.343. The van der Waals surface area contributed by atoms with Crippen LogP contribution in [0.5, 0.6) is 0 Å². The van der Waals surface area contributed by atoms with E-state index in [1.54, 1.807) is 0 Å². The maximum atomic E-state index is 5.40. The summed E-state index contributed by atoms with van der Waals surface area (Å²) in [6.07, 6.45) is 14.3. The van der Waals surface area contributed by atoms with Crippen molar-refractivity contribution in [2.45, 2.75) is 104 Å². The molecule has 24 heavy (non-hydrogen) atoms. The normalized spacial score (nSPS) is 10.2. The van der Waals surface area contributed by atoms with E-state index < -0.39 is 0 Å². The van der Waals surface area contributed by atoms with Crippen LogP contribution in [0.15, 0.2) is 0 Å². The van der Waals surface area contributed by atoms with Gasteiger partial charge in [-0.25, -0.2) is 0 Å². The van der Waals surface area contributed by atoms with Crippen molar-refractivity contribution in [2.24, 2.45) is 0 Å². The van der Waals surface area contributed by atoms with Crippen LogP contribution < -0.4 is 0 Å². The first kappa shape index (κ1) is 23.0. The maximum Gasteiger partial charge on any atom is 0.222 e. The quantitative estimate of drug-likeness (QED) is 0.217. The Morgan fingerprint density at radius 1 is 0.583 bits per heavy atom. The van der Waals surface area contributed by atoms with Gasteiger partial charge in [0.1, 0.15) is 0 Å². The summed E-state index contributed by atoms with van der Waals surface area (Å²) in [7, 11) is 0. The minimum absolute atomic E-state index is 0.343. The zero-order valence-corrected chi connectivity index (χ0v) is 16.3. The summed E-state index contributed by atoms with van der Waals surface area (Å²) in [5.74, 6) is 12.8. The summed E-state index contributed by atoms with van der Waals surface area (Å²) in [5.41, 5.74) is 0. The topological polar surface area (TPSA) is 18.5 Å². The van der Waals surface area contributed by atoms with E-state index in [1.165, 1.54) is 57.8 Å². The van der Waals surface area contributed by atoms with Gasteiger partial charge in [0.05, 0.1) is 0 Å². The van der Waals surface area contributed by atoms with Crippen LogP contribution >= 0.6 is 0 Å². The van der Waals surface area contributed by atoms with Crippen LogP contribution in [0.3, 0.4) is 0 Å². The van der Waals surface area contributed by atoms with E-state index in [-0.39, 0.29) is 6.29 Å². The molecule has 0 amide bonds.